The smallest absolute Gasteiger partial charge is 0.225 e. The lowest BCUT2D eigenvalue weighted by atomic mass is 10.2. The number of aryl methyl sites for hydroxylation is 1. The van der Waals surface area contributed by atoms with Crippen molar-refractivity contribution in [1.29, 1.82) is 0 Å². The van der Waals surface area contributed by atoms with Gasteiger partial charge < -0.3 is 15.0 Å². The monoisotopic (exact) mass is 279 g/mol. The van der Waals surface area contributed by atoms with Crippen LogP contribution in [0, 0.1) is 6.92 Å². The molecule has 0 aliphatic heterocycles. The molecule has 0 bridgehead atoms. The molecule has 0 saturated carbocycles. The summed E-state index contributed by atoms with van der Waals surface area (Å²) < 4.78 is 5.69. The highest BCUT2D eigenvalue weighted by Gasteiger charge is 2.08. The summed E-state index contributed by atoms with van der Waals surface area (Å²) in [6.45, 7) is 6.10. The average Bonchev–Trinajstić information content (AvgIpc) is 2.41. The Morgan fingerprint density at radius 2 is 2.15 bits per heavy atom. The molecule has 0 radical (unpaired) electrons. The molecule has 5 heteroatoms. The van der Waals surface area contributed by atoms with Crippen LogP contribution < -0.4 is 10.1 Å². The van der Waals surface area contributed by atoms with Gasteiger partial charge in [-0.05, 0) is 32.0 Å². The van der Waals surface area contributed by atoms with Crippen LogP contribution in [0.2, 0.25) is 0 Å². The van der Waals surface area contributed by atoms with Crippen LogP contribution in [0.1, 0.15) is 31.2 Å². The van der Waals surface area contributed by atoms with Gasteiger partial charge in [-0.15, -0.1) is 0 Å². The summed E-state index contributed by atoms with van der Waals surface area (Å²) in [6.07, 6.45) is 1.46. The Morgan fingerprint density at radius 1 is 1.40 bits per heavy atom. The molecule has 0 aromatic carbocycles. The van der Waals surface area contributed by atoms with Crippen molar-refractivity contribution in [2.75, 3.05) is 27.2 Å². The maximum absolute atomic E-state index is 11.5. The van der Waals surface area contributed by atoms with Crippen LogP contribution >= 0.6 is 0 Å². The third-order valence-corrected chi connectivity index (χ3v) is 2.86. The molecule has 1 aromatic heterocycles. The third kappa shape index (κ3) is 5.57. The first kappa shape index (κ1) is 16.4. The van der Waals surface area contributed by atoms with E-state index in [4.69, 9.17) is 4.74 Å². The van der Waals surface area contributed by atoms with Crippen LogP contribution in [0.5, 0.6) is 5.75 Å². The minimum Gasteiger partial charge on any atom is -0.491 e. The Balaban J connectivity index is 2.57. The van der Waals surface area contributed by atoms with Gasteiger partial charge in [0.1, 0.15) is 5.75 Å². The second-order valence-corrected chi connectivity index (χ2v) is 4.96. The quantitative estimate of drug-likeness (QED) is 0.737. The van der Waals surface area contributed by atoms with E-state index in [2.05, 4.69) is 17.2 Å². The summed E-state index contributed by atoms with van der Waals surface area (Å²) in [5.41, 5.74) is 1.87. The Morgan fingerprint density at radius 3 is 2.80 bits per heavy atom. The average molecular weight is 279 g/mol. The Labute approximate surface area is 121 Å². The van der Waals surface area contributed by atoms with Gasteiger partial charge in [-0.25, -0.2) is 0 Å². The van der Waals surface area contributed by atoms with Crippen LogP contribution in [0.25, 0.3) is 0 Å². The molecule has 1 heterocycles. The lowest BCUT2D eigenvalue weighted by molar-refractivity contribution is -0.129. The van der Waals surface area contributed by atoms with Gasteiger partial charge in [0, 0.05) is 26.3 Å². The Hall–Kier alpha value is -1.62. The first-order chi connectivity index (χ1) is 9.54. The number of nitrogens with zero attached hydrogens (tertiary/aromatic N) is 2. The number of amides is 1. The summed E-state index contributed by atoms with van der Waals surface area (Å²) >= 11 is 0. The maximum atomic E-state index is 11.5. The summed E-state index contributed by atoms with van der Waals surface area (Å²) in [6, 6.07) is 3.85. The van der Waals surface area contributed by atoms with E-state index in [1.807, 2.05) is 19.1 Å². The van der Waals surface area contributed by atoms with E-state index in [-0.39, 0.29) is 5.91 Å². The van der Waals surface area contributed by atoms with E-state index < -0.39 is 0 Å². The van der Waals surface area contributed by atoms with E-state index in [1.165, 1.54) is 0 Å². The topological polar surface area (TPSA) is 54.5 Å². The fourth-order valence-corrected chi connectivity index (χ4v) is 1.71. The van der Waals surface area contributed by atoms with E-state index in [9.17, 15) is 4.79 Å². The van der Waals surface area contributed by atoms with Crippen LogP contribution in [-0.4, -0.2) is 43.0 Å². The molecule has 1 aromatic rings. The lowest BCUT2D eigenvalue weighted by Gasteiger charge is -2.13. The summed E-state index contributed by atoms with van der Waals surface area (Å²) in [4.78, 5) is 17.6. The summed E-state index contributed by atoms with van der Waals surface area (Å²) in [5.74, 6) is 0.821. The second kappa shape index (κ2) is 8.53. The predicted molar refractivity (Wildman–Crippen MR) is 79.8 cm³/mol. The minimum absolute atomic E-state index is 0.0655. The van der Waals surface area contributed by atoms with Crippen molar-refractivity contribution in [2.24, 2.45) is 0 Å². The highest BCUT2D eigenvalue weighted by molar-refractivity contribution is 5.75. The molecule has 0 unspecified atom stereocenters. The second-order valence-electron chi connectivity index (χ2n) is 4.96. The van der Waals surface area contributed by atoms with Gasteiger partial charge in [-0.2, -0.15) is 0 Å². The van der Waals surface area contributed by atoms with Gasteiger partial charge >= 0.3 is 0 Å². The highest BCUT2D eigenvalue weighted by Crippen LogP contribution is 2.17. The Kier molecular flexibility index (Phi) is 7.01. The van der Waals surface area contributed by atoms with Gasteiger partial charge in [0.2, 0.25) is 5.91 Å². The number of carbonyl (C=O) groups excluding carboxylic acids is 1. The van der Waals surface area contributed by atoms with Gasteiger partial charge in [0.15, 0.2) is 0 Å². The van der Waals surface area contributed by atoms with E-state index in [1.54, 1.807) is 19.0 Å². The molecule has 112 valence electrons. The van der Waals surface area contributed by atoms with Gasteiger partial charge in [0.25, 0.3) is 0 Å². The number of hydrogen-bond donors (Lipinski definition) is 1. The normalized spacial score (nSPS) is 10.4. The van der Waals surface area contributed by atoms with Gasteiger partial charge in [0.05, 0.1) is 18.7 Å². The molecule has 0 saturated heterocycles. The van der Waals surface area contributed by atoms with Crippen molar-refractivity contribution in [2.45, 2.75) is 33.2 Å². The summed E-state index contributed by atoms with van der Waals surface area (Å²) in [7, 11) is 3.49. The largest absolute Gasteiger partial charge is 0.491 e. The number of rotatable bonds is 8. The fraction of sp³-hybridized carbons (Fsp3) is 0.600. The number of carbonyl (C=O) groups is 1. The van der Waals surface area contributed by atoms with E-state index in [0.717, 1.165) is 30.1 Å². The van der Waals surface area contributed by atoms with Crippen molar-refractivity contribution >= 4 is 5.91 Å². The molecule has 1 N–H and O–H groups in total. The zero-order valence-corrected chi connectivity index (χ0v) is 12.9. The van der Waals surface area contributed by atoms with Crippen molar-refractivity contribution < 1.29 is 9.53 Å². The van der Waals surface area contributed by atoms with Crippen LogP contribution in [0.15, 0.2) is 12.1 Å². The molecule has 20 heavy (non-hydrogen) atoms. The van der Waals surface area contributed by atoms with Crippen LogP contribution in [0.3, 0.4) is 0 Å². The zero-order valence-electron chi connectivity index (χ0n) is 12.9. The molecule has 0 aliphatic rings. The molecular weight excluding hydrogens is 254 g/mol. The molecule has 0 fully saturated rings. The number of pyridine rings is 1. The first-order valence-corrected chi connectivity index (χ1v) is 7.04. The number of hydrogen-bond acceptors (Lipinski definition) is 4. The maximum Gasteiger partial charge on any atom is 0.225 e. The molecule has 1 rings (SSSR count). The fourth-order valence-electron chi connectivity index (χ4n) is 1.71. The molecular formula is C15H25N3O2. The SMILES string of the molecule is CCCNCc1nc(C)ccc1OCCC(=O)N(C)C. The molecule has 0 spiro atoms. The Bertz CT molecular complexity index is 433. The van der Waals surface area contributed by atoms with Crippen molar-refractivity contribution in [3.63, 3.8) is 0 Å². The third-order valence-electron chi connectivity index (χ3n) is 2.86. The highest BCUT2D eigenvalue weighted by atomic mass is 16.5. The van der Waals surface area contributed by atoms with E-state index >= 15 is 0 Å². The molecule has 0 aliphatic carbocycles. The standard InChI is InChI=1S/C15H25N3O2/c1-5-9-16-11-13-14(7-6-12(2)17-13)20-10-8-15(19)18(3)4/h6-7,16H,5,8-11H2,1-4H3. The van der Waals surface area contributed by atoms with Crippen molar-refractivity contribution in [1.82, 2.24) is 15.2 Å². The van der Waals surface area contributed by atoms with Crippen LogP contribution in [0.4, 0.5) is 0 Å². The number of aromatic nitrogens is 1. The molecule has 0 atom stereocenters. The van der Waals surface area contributed by atoms with Gasteiger partial charge in [-0.3, -0.25) is 9.78 Å². The van der Waals surface area contributed by atoms with Crippen LogP contribution in [-0.2, 0) is 11.3 Å². The molecule has 1 amide bonds. The van der Waals surface area contributed by atoms with Crippen molar-refractivity contribution in [3.8, 4) is 5.75 Å². The zero-order chi connectivity index (χ0) is 15.0. The lowest BCUT2D eigenvalue weighted by Crippen LogP contribution is -2.23. The van der Waals surface area contributed by atoms with Crippen molar-refractivity contribution in [3.05, 3.63) is 23.5 Å². The van der Waals surface area contributed by atoms with Gasteiger partial charge in [-0.1, -0.05) is 6.92 Å². The predicted octanol–water partition coefficient (Wildman–Crippen LogP) is 1.75. The number of nitrogens with one attached hydrogen (secondary N) is 1. The number of ether oxygens (including phenoxy) is 1. The minimum atomic E-state index is 0.0655. The summed E-state index contributed by atoms with van der Waals surface area (Å²) in [5, 5.41) is 3.32. The first-order valence-electron chi connectivity index (χ1n) is 7.04. The van der Waals surface area contributed by atoms with E-state index in [0.29, 0.717) is 19.6 Å². The molecule has 5 nitrogen and oxygen atoms in total.